The van der Waals surface area contributed by atoms with E-state index >= 15 is 0 Å². The molecule has 0 saturated heterocycles. The summed E-state index contributed by atoms with van der Waals surface area (Å²) >= 11 is 0. The summed E-state index contributed by atoms with van der Waals surface area (Å²) in [6.07, 6.45) is 5.76. The molecular formula is C56H35N7. The van der Waals surface area contributed by atoms with Gasteiger partial charge in [0.2, 0.25) is 5.95 Å². The molecule has 63 heavy (non-hydrogen) atoms. The van der Waals surface area contributed by atoms with Crippen molar-refractivity contribution in [2.75, 3.05) is 0 Å². The predicted octanol–water partition coefficient (Wildman–Crippen LogP) is 13.6. The number of aromatic nitrogens is 7. The van der Waals surface area contributed by atoms with Gasteiger partial charge in [-0.1, -0.05) is 127 Å². The van der Waals surface area contributed by atoms with E-state index in [1.54, 1.807) is 0 Å². The van der Waals surface area contributed by atoms with Crippen molar-refractivity contribution in [2.45, 2.75) is 0 Å². The summed E-state index contributed by atoms with van der Waals surface area (Å²) < 4.78 is 6.81. The number of pyridine rings is 2. The summed E-state index contributed by atoms with van der Waals surface area (Å²) in [5.41, 5.74) is 15.6. The topological polar surface area (TPSA) is 66.3 Å². The van der Waals surface area contributed by atoms with E-state index in [4.69, 9.17) is 19.9 Å². The molecular weight excluding hydrogens is 771 g/mol. The maximum atomic E-state index is 5.23. The molecule has 6 heterocycles. The van der Waals surface area contributed by atoms with Crippen LogP contribution >= 0.6 is 0 Å². The first-order valence-corrected chi connectivity index (χ1v) is 21.1. The van der Waals surface area contributed by atoms with Gasteiger partial charge in [0.1, 0.15) is 0 Å². The molecule has 7 nitrogen and oxygen atoms in total. The second kappa shape index (κ2) is 13.9. The minimum atomic E-state index is 0.636. The molecule has 0 aliphatic rings. The van der Waals surface area contributed by atoms with Crippen molar-refractivity contribution in [2.24, 2.45) is 0 Å². The first-order chi connectivity index (χ1) is 31.2. The van der Waals surface area contributed by atoms with Crippen LogP contribution in [0.15, 0.2) is 213 Å². The van der Waals surface area contributed by atoms with E-state index < -0.39 is 0 Å². The monoisotopic (exact) mass is 805 g/mol. The van der Waals surface area contributed by atoms with Gasteiger partial charge in [-0.25, -0.2) is 9.97 Å². The van der Waals surface area contributed by atoms with Crippen LogP contribution in [0.4, 0.5) is 0 Å². The first-order valence-electron chi connectivity index (χ1n) is 21.1. The molecule has 0 saturated carbocycles. The lowest BCUT2D eigenvalue weighted by atomic mass is 10.0. The highest BCUT2D eigenvalue weighted by atomic mass is 15.2. The molecule has 6 aromatic heterocycles. The van der Waals surface area contributed by atoms with Crippen LogP contribution in [0, 0.1) is 0 Å². The number of nitrogens with zero attached hydrogens (tertiary/aromatic N) is 7. The summed E-state index contributed by atoms with van der Waals surface area (Å²) in [6.45, 7) is 0. The molecule has 0 N–H and O–H groups in total. The van der Waals surface area contributed by atoms with Gasteiger partial charge < -0.3 is 9.13 Å². The molecule has 0 atom stereocenters. The Hall–Kier alpha value is -8.68. The van der Waals surface area contributed by atoms with Crippen molar-refractivity contribution < 1.29 is 0 Å². The Morgan fingerprint density at radius 2 is 0.778 bits per heavy atom. The average Bonchev–Trinajstić information content (AvgIpc) is 4.00. The van der Waals surface area contributed by atoms with E-state index in [1.165, 1.54) is 10.8 Å². The third-order valence-corrected chi connectivity index (χ3v) is 12.4. The zero-order valence-electron chi connectivity index (χ0n) is 33.8. The van der Waals surface area contributed by atoms with Gasteiger partial charge in [-0.15, -0.1) is 0 Å². The highest BCUT2D eigenvalue weighted by molar-refractivity contribution is 6.13. The quantitative estimate of drug-likeness (QED) is 0.168. The van der Waals surface area contributed by atoms with Crippen LogP contribution in [0.2, 0.25) is 0 Å². The van der Waals surface area contributed by atoms with E-state index in [-0.39, 0.29) is 0 Å². The molecule has 13 rings (SSSR count). The van der Waals surface area contributed by atoms with Gasteiger partial charge >= 0.3 is 0 Å². The Labute approximate surface area is 361 Å². The minimum Gasteiger partial charge on any atom is -0.308 e. The van der Waals surface area contributed by atoms with E-state index in [0.29, 0.717) is 5.95 Å². The summed E-state index contributed by atoms with van der Waals surface area (Å²) in [7, 11) is 0. The van der Waals surface area contributed by atoms with Crippen molar-refractivity contribution in [1.29, 1.82) is 0 Å². The van der Waals surface area contributed by atoms with Crippen LogP contribution in [0.25, 0.3) is 117 Å². The van der Waals surface area contributed by atoms with Gasteiger partial charge in [-0.3, -0.25) is 14.5 Å². The molecule has 0 bridgehead atoms. The van der Waals surface area contributed by atoms with Crippen LogP contribution in [0.3, 0.4) is 0 Å². The van der Waals surface area contributed by atoms with Crippen molar-refractivity contribution in [3.05, 3.63) is 213 Å². The van der Waals surface area contributed by atoms with Crippen molar-refractivity contribution in [1.82, 2.24) is 33.6 Å². The number of hydrogen-bond acceptors (Lipinski definition) is 4. The van der Waals surface area contributed by atoms with Crippen LogP contribution in [0.5, 0.6) is 0 Å². The first kappa shape index (κ1) is 35.1. The van der Waals surface area contributed by atoms with Gasteiger partial charge in [0.25, 0.3) is 0 Å². The van der Waals surface area contributed by atoms with E-state index in [2.05, 4.69) is 190 Å². The molecule has 0 fully saturated rings. The van der Waals surface area contributed by atoms with Gasteiger partial charge in [-0.2, -0.15) is 0 Å². The summed E-state index contributed by atoms with van der Waals surface area (Å²) in [4.78, 5) is 20.1. The van der Waals surface area contributed by atoms with Gasteiger partial charge in [0.05, 0.1) is 73.8 Å². The molecule has 294 valence electrons. The number of rotatable bonds is 6. The smallest absolute Gasteiger partial charge is 0.235 e. The highest BCUT2D eigenvalue weighted by Gasteiger charge is 2.20. The minimum absolute atomic E-state index is 0.636. The molecule has 0 radical (unpaired) electrons. The fraction of sp³-hybridized carbons (Fsp3) is 0. The maximum Gasteiger partial charge on any atom is 0.235 e. The fourth-order valence-electron chi connectivity index (χ4n) is 9.57. The largest absolute Gasteiger partial charge is 0.308 e. The molecule has 13 aromatic rings. The molecule has 0 aliphatic heterocycles. The molecule has 0 unspecified atom stereocenters. The molecule has 7 heteroatoms. The lowest BCUT2D eigenvalue weighted by Crippen LogP contribution is -2.03. The molecule has 0 amide bonds. The average molecular weight is 806 g/mol. The van der Waals surface area contributed by atoms with Gasteiger partial charge in [0.15, 0.2) is 0 Å². The normalized spacial score (nSPS) is 11.8. The van der Waals surface area contributed by atoms with Crippen molar-refractivity contribution in [3.8, 4) is 51.0 Å². The lowest BCUT2D eigenvalue weighted by Gasteiger charge is -2.12. The van der Waals surface area contributed by atoms with Crippen molar-refractivity contribution >= 4 is 65.5 Å². The number of fused-ring (bicyclic) bond motifs is 9. The van der Waals surface area contributed by atoms with E-state index in [1.807, 2.05) is 36.8 Å². The predicted molar refractivity (Wildman–Crippen MR) is 257 cm³/mol. The van der Waals surface area contributed by atoms with Crippen LogP contribution in [0.1, 0.15) is 0 Å². The third kappa shape index (κ3) is 5.53. The highest BCUT2D eigenvalue weighted by Crippen LogP contribution is 2.39. The summed E-state index contributed by atoms with van der Waals surface area (Å²) in [5, 5.41) is 5.77. The summed E-state index contributed by atoms with van der Waals surface area (Å²) in [5.74, 6) is 0.636. The number of para-hydroxylation sites is 3. The van der Waals surface area contributed by atoms with Crippen LogP contribution in [-0.2, 0) is 0 Å². The van der Waals surface area contributed by atoms with Gasteiger partial charge in [0, 0.05) is 44.3 Å². The van der Waals surface area contributed by atoms with Crippen LogP contribution < -0.4 is 0 Å². The zero-order chi connectivity index (χ0) is 41.4. The van der Waals surface area contributed by atoms with E-state index in [0.717, 1.165) is 99.8 Å². The Morgan fingerprint density at radius 1 is 0.317 bits per heavy atom. The molecule has 0 aliphatic carbocycles. The molecule has 7 aromatic carbocycles. The Balaban J connectivity index is 0.959. The van der Waals surface area contributed by atoms with E-state index in [9.17, 15) is 0 Å². The zero-order valence-corrected chi connectivity index (χ0v) is 33.8. The van der Waals surface area contributed by atoms with Crippen LogP contribution in [-0.4, -0.2) is 33.6 Å². The number of benzene rings is 7. The maximum absolute atomic E-state index is 5.23. The second-order valence-corrected chi connectivity index (χ2v) is 16.0. The SMILES string of the molecule is c1ccc(-c2cc(-c3ccccc3)nc(-n3c4ccccc4c4cc(-c5ccc6c(c5)c5ccccc5n6-c5cncc(-n6c7ccccc7c7ncccc76)c5)ccc43)n2)cc1. The lowest BCUT2D eigenvalue weighted by molar-refractivity contribution is 0.995. The summed E-state index contributed by atoms with van der Waals surface area (Å²) in [6, 6.07) is 68.4. The fourth-order valence-corrected chi connectivity index (χ4v) is 9.57. The van der Waals surface area contributed by atoms with Crippen molar-refractivity contribution in [3.63, 3.8) is 0 Å². The Bertz CT molecular complexity index is 3810. The molecule has 0 spiro atoms. The Morgan fingerprint density at radius 3 is 1.38 bits per heavy atom. The third-order valence-electron chi connectivity index (χ3n) is 12.4. The number of hydrogen-bond donors (Lipinski definition) is 0. The van der Waals surface area contributed by atoms with Gasteiger partial charge in [-0.05, 0) is 77.9 Å². The second-order valence-electron chi connectivity index (χ2n) is 16.0. The standard InChI is InChI=1S/C56H35N7/c1-3-14-36(15-4-1)47-33-48(37-16-5-2-6-17-37)60-56(59-47)63-50-22-11-8-19-43(50)46-31-39(26-28-53(46)63)38-25-27-52-45(30-38)42-18-7-10-21-49(42)61(52)40-32-41(35-57-34-40)62-51-23-12-9-20-44(51)55-54(62)24-13-29-58-55/h1-35H. The Kier molecular flexibility index (Phi) is 7.77.